The standard InChI is InChI=1S/C19H25N3O2/c1-13-10-15(18(24)11-14(13)2)12-21-17-4-3-7-20-19(17)22-8-5-16(23)6-9-22/h3-4,7,10-11,16,21,23-24H,5-6,8-9,12H2,1-2H3. The summed E-state index contributed by atoms with van der Waals surface area (Å²) in [7, 11) is 0. The normalized spacial score (nSPS) is 15.5. The minimum Gasteiger partial charge on any atom is -0.508 e. The van der Waals surface area contributed by atoms with E-state index in [9.17, 15) is 10.2 Å². The topological polar surface area (TPSA) is 68.6 Å². The minimum atomic E-state index is -0.200. The molecule has 1 fully saturated rings. The third kappa shape index (κ3) is 3.62. The van der Waals surface area contributed by atoms with E-state index in [2.05, 4.69) is 15.2 Å². The first-order valence-corrected chi connectivity index (χ1v) is 8.45. The molecule has 1 aliphatic rings. The third-order valence-electron chi connectivity index (χ3n) is 4.71. The molecule has 128 valence electrons. The van der Waals surface area contributed by atoms with Gasteiger partial charge in [0, 0.05) is 31.4 Å². The van der Waals surface area contributed by atoms with Crippen LogP contribution in [0.2, 0.25) is 0 Å². The number of aliphatic hydroxyl groups is 1. The van der Waals surface area contributed by atoms with Gasteiger partial charge in [-0.2, -0.15) is 0 Å². The van der Waals surface area contributed by atoms with Crippen LogP contribution in [0.3, 0.4) is 0 Å². The fourth-order valence-corrected chi connectivity index (χ4v) is 3.06. The molecule has 0 unspecified atom stereocenters. The van der Waals surface area contributed by atoms with Crippen molar-refractivity contribution in [1.82, 2.24) is 4.98 Å². The average molecular weight is 327 g/mol. The van der Waals surface area contributed by atoms with Gasteiger partial charge in [-0.3, -0.25) is 0 Å². The Kier molecular flexibility index (Phi) is 4.90. The molecule has 24 heavy (non-hydrogen) atoms. The van der Waals surface area contributed by atoms with Crippen molar-refractivity contribution in [1.29, 1.82) is 0 Å². The number of benzene rings is 1. The summed E-state index contributed by atoms with van der Waals surface area (Å²) < 4.78 is 0. The minimum absolute atomic E-state index is 0.200. The maximum absolute atomic E-state index is 10.1. The third-order valence-corrected chi connectivity index (χ3v) is 4.71. The van der Waals surface area contributed by atoms with Crippen LogP contribution in [0.5, 0.6) is 5.75 Å². The zero-order valence-electron chi connectivity index (χ0n) is 14.3. The Labute approximate surface area is 143 Å². The Bertz CT molecular complexity index is 710. The van der Waals surface area contributed by atoms with Crippen LogP contribution < -0.4 is 10.2 Å². The number of phenolic OH excluding ortho intramolecular Hbond substituents is 1. The van der Waals surface area contributed by atoms with Crippen LogP contribution in [-0.2, 0) is 6.54 Å². The summed E-state index contributed by atoms with van der Waals surface area (Å²) in [6.45, 7) is 6.20. The number of hydrogen-bond donors (Lipinski definition) is 3. The largest absolute Gasteiger partial charge is 0.508 e. The molecule has 0 radical (unpaired) electrons. The molecule has 0 saturated carbocycles. The van der Waals surface area contributed by atoms with Gasteiger partial charge in [0.15, 0.2) is 5.82 Å². The molecule has 0 bridgehead atoms. The molecule has 2 heterocycles. The van der Waals surface area contributed by atoms with E-state index in [1.54, 1.807) is 6.20 Å². The lowest BCUT2D eigenvalue weighted by Gasteiger charge is -2.31. The van der Waals surface area contributed by atoms with Crippen LogP contribution in [0.1, 0.15) is 29.5 Å². The number of anilines is 2. The fraction of sp³-hybridized carbons (Fsp3) is 0.421. The molecule has 0 spiro atoms. The number of phenols is 1. The van der Waals surface area contributed by atoms with Gasteiger partial charge in [-0.15, -0.1) is 0 Å². The van der Waals surface area contributed by atoms with E-state index in [-0.39, 0.29) is 6.10 Å². The molecule has 1 saturated heterocycles. The molecule has 5 nitrogen and oxygen atoms in total. The highest BCUT2D eigenvalue weighted by Gasteiger charge is 2.20. The monoisotopic (exact) mass is 327 g/mol. The molecular weight excluding hydrogens is 302 g/mol. The first-order chi connectivity index (χ1) is 11.5. The SMILES string of the molecule is Cc1cc(O)c(CNc2cccnc2N2CCC(O)CC2)cc1C. The van der Waals surface area contributed by atoms with Gasteiger partial charge < -0.3 is 20.4 Å². The summed E-state index contributed by atoms with van der Waals surface area (Å²) in [6.07, 6.45) is 3.13. The van der Waals surface area contributed by atoms with Gasteiger partial charge >= 0.3 is 0 Å². The number of aromatic hydroxyl groups is 1. The van der Waals surface area contributed by atoms with Gasteiger partial charge in [-0.05, 0) is 56.0 Å². The molecule has 2 aromatic rings. The van der Waals surface area contributed by atoms with Crippen molar-refractivity contribution in [2.45, 2.75) is 39.3 Å². The van der Waals surface area contributed by atoms with E-state index < -0.39 is 0 Å². The predicted octanol–water partition coefficient (Wildman–Crippen LogP) is 2.98. The molecule has 0 atom stereocenters. The Morgan fingerprint density at radius 2 is 1.92 bits per heavy atom. The van der Waals surface area contributed by atoms with Crippen LogP contribution >= 0.6 is 0 Å². The summed E-state index contributed by atoms with van der Waals surface area (Å²) in [5.74, 6) is 1.23. The van der Waals surface area contributed by atoms with Gasteiger partial charge in [0.2, 0.25) is 0 Å². The number of aromatic nitrogens is 1. The van der Waals surface area contributed by atoms with Gasteiger partial charge in [0.25, 0.3) is 0 Å². The molecule has 1 aromatic carbocycles. The van der Waals surface area contributed by atoms with Crippen molar-refractivity contribution < 1.29 is 10.2 Å². The highest BCUT2D eigenvalue weighted by Crippen LogP contribution is 2.28. The molecule has 3 rings (SSSR count). The average Bonchev–Trinajstić information content (AvgIpc) is 2.58. The molecule has 5 heteroatoms. The second-order valence-electron chi connectivity index (χ2n) is 6.51. The maximum Gasteiger partial charge on any atom is 0.151 e. The smallest absolute Gasteiger partial charge is 0.151 e. The molecule has 0 aliphatic carbocycles. The zero-order chi connectivity index (χ0) is 17.1. The number of aliphatic hydroxyl groups excluding tert-OH is 1. The van der Waals surface area contributed by atoms with Crippen LogP contribution in [0.15, 0.2) is 30.5 Å². The van der Waals surface area contributed by atoms with Gasteiger partial charge in [-0.25, -0.2) is 4.98 Å². The second-order valence-corrected chi connectivity index (χ2v) is 6.51. The summed E-state index contributed by atoms with van der Waals surface area (Å²) >= 11 is 0. The summed E-state index contributed by atoms with van der Waals surface area (Å²) in [5.41, 5.74) is 4.08. The second kappa shape index (κ2) is 7.09. The van der Waals surface area contributed by atoms with Crippen molar-refractivity contribution in [3.8, 4) is 5.75 Å². The first kappa shape index (κ1) is 16.6. The Morgan fingerprint density at radius 1 is 1.21 bits per heavy atom. The fourth-order valence-electron chi connectivity index (χ4n) is 3.06. The Hall–Kier alpha value is -2.27. The van der Waals surface area contributed by atoms with E-state index in [0.717, 1.165) is 48.6 Å². The van der Waals surface area contributed by atoms with Crippen molar-refractivity contribution in [3.05, 3.63) is 47.2 Å². The number of nitrogens with one attached hydrogen (secondary N) is 1. The predicted molar refractivity (Wildman–Crippen MR) is 96.6 cm³/mol. The van der Waals surface area contributed by atoms with E-state index in [1.165, 1.54) is 5.56 Å². The highest BCUT2D eigenvalue weighted by molar-refractivity contribution is 5.65. The lowest BCUT2D eigenvalue weighted by Crippen LogP contribution is -2.36. The van der Waals surface area contributed by atoms with Crippen LogP contribution in [0.25, 0.3) is 0 Å². The van der Waals surface area contributed by atoms with Crippen molar-refractivity contribution in [3.63, 3.8) is 0 Å². The Balaban J connectivity index is 1.75. The summed E-state index contributed by atoms with van der Waals surface area (Å²) in [6, 6.07) is 7.74. The van der Waals surface area contributed by atoms with E-state index >= 15 is 0 Å². The number of nitrogens with zero attached hydrogens (tertiary/aromatic N) is 2. The number of pyridine rings is 1. The number of hydrogen-bond acceptors (Lipinski definition) is 5. The van der Waals surface area contributed by atoms with Gasteiger partial charge in [-0.1, -0.05) is 6.07 Å². The lowest BCUT2D eigenvalue weighted by atomic mass is 10.0. The van der Waals surface area contributed by atoms with Gasteiger partial charge in [0.1, 0.15) is 5.75 Å². The number of rotatable bonds is 4. The van der Waals surface area contributed by atoms with Crippen molar-refractivity contribution >= 4 is 11.5 Å². The molecule has 3 N–H and O–H groups in total. The first-order valence-electron chi connectivity index (χ1n) is 8.45. The summed E-state index contributed by atoms with van der Waals surface area (Å²) in [5, 5.41) is 23.2. The maximum atomic E-state index is 10.1. The van der Waals surface area contributed by atoms with E-state index in [0.29, 0.717) is 12.3 Å². The lowest BCUT2D eigenvalue weighted by molar-refractivity contribution is 0.145. The Morgan fingerprint density at radius 3 is 2.67 bits per heavy atom. The van der Waals surface area contributed by atoms with Crippen LogP contribution in [0, 0.1) is 13.8 Å². The van der Waals surface area contributed by atoms with Crippen molar-refractivity contribution in [2.75, 3.05) is 23.3 Å². The number of piperidine rings is 1. The quantitative estimate of drug-likeness (QED) is 0.805. The molecule has 1 aromatic heterocycles. The zero-order valence-corrected chi connectivity index (χ0v) is 14.3. The summed E-state index contributed by atoms with van der Waals surface area (Å²) in [4.78, 5) is 6.72. The van der Waals surface area contributed by atoms with Crippen LogP contribution in [-0.4, -0.2) is 34.4 Å². The van der Waals surface area contributed by atoms with E-state index in [1.807, 2.05) is 38.1 Å². The molecule has 0 amide bonds. The number of aryl methyl sites for hydroxylation is 2. The van der Waals surface area contributed by atoms with Crippen molar-refractivity contribution in [2.24, 2.45) is 0 Å². The van der Waals surface area contributed by atoms with Crippen LogP contribution in [0.4, 0.5) is 11.5 Å². The molecular formula is C19H25N3O2. The highest BCUT2D eigenvalue weighted by atomic mass is 16.3. The molecule has 1 aliphatic heterocycles. The van der Waals surface area contributed by atoms with Gasteiger partial charge in [0.05, 0.1) is 11.8 Å². The van der Waals surface area contributed by atoms with E-state index in [4.69, 9.17) is 0 Å².